The number of pyridine rings is 1. The third-order valence-electron chi connectivity index (χ3n) is 5.25. The summed E-state index contributed by atoms with van der Waals surface area (Å²) in [6.45, 7) is 4.36. The SMILES string of the molecule is C[C@@H](c1cccc(Nc2sc(-c3ccc(F)cc3)cc2C(N)=O)n1)N1CCCC1. The van der Waals surface area contributed by atoms with Crippen molar-refractivity contribution in [3.05, 3.63) is 65.6 Å². The molecule has 4 rings (SSSR count). The topological polar surface area (TPSA) is 71.2 Å². The Morgan fingerprint density at radius 3 is 2.62 bits per heavy atom. The summed E-state index contributed by atoms with van der Waals surface area (Å²) in [5.74, 6) is -0.144. The van der Waals surface area contributed by atoms with Crippen LogP contribution in [0.1, 0.15) is 41.9 Å². The van der Waals surface area contributed by atoms with Crippen molar-refractivity contribution >= 4 is 28.1 Å². The van der Waals surface area contributed by atoms with Crippen molar-refractivity contribution in [2.45, 2.75) is 25.8 Å². The number of aromatic nitrogens is 1. The molecule has 3 N–H and O–H groups in total. The largest absolute Gasteiger partial charge is 0.366 e. The first-order valence-corrected chi connectivity index (χ1v) is 10.5. The maximum Gasteiger partial charge on any atom is 0.251 e. The minimum Gasteiger partial charge on any atom is -0.366 e. The highest BCUT2D eigenvalue weighted by Gasteiger charge is 2.21. The molecule has 0 aliphatic carbocycles. The summed E-state index contributed by atoms with van der Waals surface area (Å²) in [5.41, 5.74) is 7.81. The number of amides is 1. The van der Waals surface area contributed by atoms with E-state index in [1.165, 1.54) is 36.3 Å². The van der Waals surface area contributed by atoms with Crippen LogP contribution in [0, 0.1) is 5.82 Å². The Bertz CT molecular complexity index is 1010. The van der Waals surface area contributed by atoms with Crippen LogP contribution in [0.2, 0.25) is 0 Å². The van der Waals surface area contributed by atoms with E-state index in [9.17, 15) is 9.18 Å². The van der Waals surface area contributed by atoms with E-state index in [4.69, 9.17) is 10.7 Å². The zero-order valence-corrected chi connectivity index (χ0v) is 17.0. The number of hydrogen-bond donors (Lipinski definition) is 2. The minimum absolute atomic E-state index is 0.243. The normalized spacial score (nSPS) is 15.4. The predicted octanol–water partition coefficient (Wildman–Crippen LogP) is 4.95. The van der Waals surface area contributed by atoms with E-state index in [-0.39, 0.29) is 11.9 Å². The molecule has 3 heterocycles. The Hall–Kier alpha value is -2.77. The van der Waals surface area contributed by atoms with E-state index in [0.29, 0.717) is 16.4 Å². The Kier molecular flexibility index (Phi) is 5.60. The average molecular weight is 411 g/mol. The van der Waals surface area contributed by atoms with Crippen molar-refractivity contribution < 1.29 is 9.18 Å². The lowest BCUT2D eigenvalue weighted by atomic mass is 10.1. The molecule has 1 saturated heterocycles. The molecule has 2 aromatic heterocycles. The molecule has 0 unspecified atom stereocenters. The molecule has 1 aromatic carbocycles. The van der Waals surface area contributed by atoms with Gasteiger partial charge in [0.2, 0.25) is 0 Å². The van der Waals surface area contributed by atoms with Crippen molar-refractivity contribution in [1.29, 1.82) is 0 Å². The van der Waals surface area contributed by atoms with Crippen LogP contribution < -0.4 is 11.1 Å². The zero-order valence-electron chi connectivity index (χ0n) is 16.2. The first kappa shape index (κ1) is 19.5. The summed E-state index contributed by atoms with van der Waals surface area (Å²) in [7, 11) is 0. The number of nitrogens with one attached hydrogen (secondary N) is 1. The number of primary amides is 1. The molecule has 0 saturated carbocycles. The quantitative estimate of drug-likeness (QED) is 0.603. The van der Waals surface area contributed by atoms with E-state index in [2.05, 4.69) is 17.1 Å². The van der Waals surface area contributed by atoms with Crippen LogP contribution in [0.3, 0.4) is 0 Å². The molecule has 1 aliphatic heterocycles. The van der Waals surface area contributed by atoms with E-state index in [1.54, 1.807) is 18.2 Å². The molecule has 0 spiro atoms. The van der Waals surface area contributed by atoms with Crippen LogP contribution in [0.25, 0.3) is 10.4 Å². The highest BCUT2D eigenvalue weighted by atomic mass is 32.1. The highest BCUT2D eigenvalue weighted by Crippen LogP contribution is 2.37. The predicted molar refractivity (Wildman–Crippen MR) is 115 cm³/mol. The van der Waals surface area contributed by atoms with Gasteiger partial charge in [-0.2, -0.15) is 0 Å². The van der Waals surface area contributed by atoms with Gasteiger partial charge in [-0.3, -0.25) is 9.69 Å². The number of benzene rings is 1. The van der Waals surface area contributed by atoms with Gasteiger partial charge in [-0.1, -0.05) is 18.2 Å². The zero-order chi connectivity index (χ0) is 20.4. The Labute approximate surface area is 173 Å². The first-order valence-electron chi connectivity index (χ1n) is 9.69. The van der Waals surface area contributed by atoms with Gasteiger partial charge in [0.1, 0.15) is 16.6 Å². The van der Waals surface area contributed by atoms with Crippen molar-refractivity contribution in [1.82, 2.24) is 9.88 Å². The Morgan fingerprint density at radius 1 is 1.21 bits per heavy atom. The molecule has 5 nitrogen and oxygen atoms in total. The fourth-order valence-electron chi connectivity index (χ4n) is 3.61. The average Bonchev–Trinajstić information content (AvgIpc) is 3.38. The minimum atomic E-state index is -0.515. The highest BCUT2D eigenvalue weighted by molar-refractivity contribution is 7.19. The molecule has 1 fully saturated rings. The molecule has 7 heteroatoms. The number of likely N-dealkylation sites (tertiary alicyclic amines) is 1. The van der Waals surface area contributed by atoms with Crippen LogP contribution in [0.15, 0.2) is 48.5 Å². The summed E-state index contributed by atoms with van der Waals surface area (Å²) in [4.78, 5) is 20.0. The molecular formula is C22H23FN4OS. The Balaban J connectivity index is 1.61. The van der Waals surface area contributed by atoms with Gasteiger partial charge in [-0.15, -0.1) is 11.3 Å². The number of carbonyl (C=O) groups is 1. The summed E-state index contributed by atoms with van der Waals surface area (Å²) in [6, 6.07) is 14.0. The van der Waals surface area contributed by atoms with E-state index in [0.717, 1.165) is 29.2 Å². The van der Waals surface area contributed by atoms with E-state index < -0.39 is 5.91 Å². The van der Waals surface area contributed by atoms with Gasteiger partial charge in [-0.05, 0) is 68.8 Å². The van der Waals surface area contributed by atoms with Gasteiger partial charge in [0.15, 0.2) is 0 Å². The molecule has 150 valence electrons. The molecule has 1 atom stereocenters. The van der Waals surface area contributed by atoms with E-state index >= 15 is 0 Å². The standard InChI is InChI=1S/C22H23FN4OS/c1-14(27-11-2-3-12-27)18-5-4-6-20(25-18)26-22-17(21(24)28)13-19(29-22)15-7-9-16(23)10-8-15/h4-10,13-14H,2-3,11-12H2,1H3,(H2,24,28)(H,25,26)/t14-/m0/s1. The first-order chi connectivity index (χ1) is 14.0. The number of halogens is 1. The smallest absolute Gasteiger partial charge is 0.251 e. The molecular weight excluding hydrogens is 387 g/mol. The van der Waals surface area contributed by atoms with Crippen molar-refractivity contribution in [3.63, 3.8) is 0 Å². The monoisotopic (exact) mass is 410 g/mol. The summed E-state index contributed by atoms with van der Waals surface area (Å²) in [5, 5.41) is 3.89. The third kappa shape index (κ3) is 4.31. The molecule has 1 amide bonds. The van der Waals surface area contributed by atoms with Crippen molar-refractivity contribution in [3.8, 4) is 10.4 Å². The fraction of sp³-hybridized carbons (Fsp3) is 0.273. The number of carbonyl (C=O) groups excluding carboxylic acids is 1. The van der Waals surface area contributed by atoms with Crippen LogP contribution in [-0.4, -0.2) is 28.9 Å². The summed E-state index contributed by atoms with van der Waals surface area (Å²) >= 11 is 1.40. The van der Waals surface area contributed by atoms with Gasteiger partial charge in [-0.25, -0.2) is 9.37 Å². The van der Waals surface area contributed by atoms with Crippen LogP contribution >= 0.6 is 11.3 Å². The maximum atomic E-state index is 13.2. The third-order valence-corrected chi connectivity index (χ3v) is 6.35. The second-order valence-electron chi connectivity index (χ2n) is 7.22. The summed E-state index contributed by atoms with van der Waals surface area (Å²) < 4.78 is 13.2. The number of nitrogens with zero attached hydrogens (tertiary/aromatic N) is 2. The lowest BCUT2D eigenvalue weighted by Gasteiger charge is -2.23. The van der Waals surface area contributed by atoms with E-state index in [1.807, 2.05) is 18.2 Å². The Morgan fingerprint density at radius 2 is 1.93 bits per heavy atom. The molecule has 29 heavy (non-hydrogen) atoms. The molecule has 0 radical (unpaired) electrons. The van der Waals surface area contributed by atoms with Crippen LogP contribution in [0.4, 0.5) is 15.2 Å². The molecule has 1 aliphatic rings. The molecule has 3 aromatic rings. The van der Waals surface area contributed by atoms with Gasteiger partial charge < -0.3 is 11.1 Å². The number of thiophene rings is 1. The van der Waals surface area contributed by atoms with Gasteiger partial charge >= 0.3 is 0 Å². The number of anilines is 2. The van der Waals surface area contributed by atoms with Crippen molar-refractivity contribution in [2.75, 3.05) is 18.4 Å². The van der Waals surface area contributed by atoms with Crippen LogP contribution in [0.5, 0.6) is 0 Å². The number of hydrogen-bond acceptors (Lipinski definition) is 5. The summed E-state index contributed by atoms with van der Waals surface area (Å²) in [6.07, 6.45) is 2.46. The number of nitrogens with two attached hydrogens (primary N) is 1. The second kappa shape index (κ2) is 8.31. The fourth-order valence-corrected chi connectivity index (χ4v) is 4.69. The van der Waals surface area contributed by atoms with Gasteiger partial charge in [0.25, 0.3) is 5.91 Å². The molecule has 0 bridgehead atoms. The lowest BCUT2D eigenvalue weighted by Crippen LogP contribution is -2.24. The van der Waals surface area contributed by atoms with Gasteiger partial charge in [0.05, 0.1) is 11.3 Å². The van der Waals surface area contributed by atoms with Crippen LogP contribution in [-0.2, 0) is 0 Å². The van der Waals surface area contributed by atoms with Gasteiger partial charge in [0, 0.05) is 10.9 Å². The van der Waals surface area contributed by atoms with Crippen molar-refractivity contribution in [2.24, 2.45) is 5.73 Å². The maximum absolute atomic E-state index is 13.2. The number of rotatable bonds is 6. The second-order valence-corrected chi connectivity index (χ2v) is 8.27. The lowest BCUT2D eigenvalue weighted by molar-refractivity contribution is 0.100.